The maximum absolute atomic E-state index is 12.4. The number of carbonyl (C=O) groups excluding carboxylic acids is 1. The highest BCUT2D eigenvalue weighted by atomic mass is 16.5. The van der Waals surface area contributed by atoms with Gasteiger partial charge in [0, 0.05) is 44.8 Å². The summed E-state index contributed by atoms with van der Waals surface area (Å²) in [6.07, 6.45) is 0. The van der Waals surface area contributed by atoms with Crippen LogP contribution in [0.2, 0.25) is 0 Å². The summed E-state index contributed by atoms with van der Waals surface area (Å²) in [6.45, 7) is 4.74. The van der Waals surface area contributed by atoms with Crippen LogP contribution < -0.4 is 16.2 Å². The third kappa shape index (κ3) is 3.20. The van der Waals surface area contributed by atoms with Crippen molar-refractivity contribution in [2.24, 2.45) is 5.73 Å². The molecule has 0 spiro atoms. The van der Waals surface area contributed by atoms with Crippen LogP contribution in [-0.2, 0) is 0 Å². The summed E-state index contributed by atoms with van der Waals surface area (Å²) >= 11 is 0. The van der Waals surface area contributed by atoms with E-state index in [0.29, 0.717) is 23.5 Å². The number of hydrogen-bond acceptors (Lipinski definition) is 5. The second-order valence-electron chi connectivity index (χ2n) is 4.88. The Kier molecular flexibility index (Phi) is 4.81. The number of carbonyl (C=O) groups is 1. The van der Waals surface area contributed by atoms with Crippen molar-refractivity contribution in [3.05, 3.63) is 23.8 Å². The van der Waals surface area contributed by atoms with Crippen LogP contribution in [0.5, 0.6) is 5.75 Å². The average Bonchev–Trinajstić information content (AvgIpc) is 2.48. The zero-order valence-corrected chi connectivity index (χ0v) is 11.8. The van der Waals surface area contributed by atoms with Gasteiger partial charge in [-0.3, -0.25) is 9.69 Å². The molecule has 0 saturated carbocycles. The molecule has 1 amide bonds. The van der Waals surface area contributed by atoms with Crippen molar-refractivity contribution in [1.82, 2.24) is 9.80 Å². The molecule has 0 unspecified atom stereocenters. The van der Waals surface area contributed by atoms with Crippen LogP contribution in [0.25, 0.3) is 0 Å². The Labute approximate surface area is 119 Å². The van der Waals surface area contributed by atoms with E-state index in [0.717, 1.165) is 32.7 Å². The van der Waals surface area contributed by atoms with E-state index in [1.54, 1.807) is 25.3 Å². The SMILES string of the molecule is COc1cc(C(=O)N2CCN(CCN)CC2)ccc1N. The van der Waals surface area contributed by atoms with Crippen LogP contribution in [0.1, 0.15) is 10.4 Å². The summed E-state index contributed by atoms with van der Waals surface area (Å²) in [5, 5.41) is 0. The molecule has 0 bridgehead atoms. The zero-order valence-electron chi connectivity index (χ0n) is 11.8. The fourth-order valence-electron chi connectivity index (χ4n) is 2.38. The van der Waals surface area contributed by atoms with Crippen LogP contribution in [0.3, 0.4) is 0 Å². The van der Waals surface area contributed by atoms with Gasteiger partial charge in [-0.15, -0.1) is 0 Å². The number of rotatable bonds is 4. The summed E-state index contributed by atoms with van der Waals surface area (Å²) < 4.78 is 5.15. The fraction of sp³-hybridized carbons (Fsp3) is 0.500. The van der Waals surface area contributed by atoms with Crippen LogP contribution in [0.15, 0.2) is 18.2 Å². The Morgan fingerprint density at radius 3 is 2.60 bits per heavy atom. The smallest absolute Gasteiger partial charge is 0.254 e. The zero-order chi connectivity index (χ0) is 14.5. The van der Waals surface area contributed by atoms with Crippen LogP contribution >= 0.6 is 0 Å². The number of methoxy groups -OCH3 is 1. The molecule has 4 N–H and O–H groups in total. The number of hydrogen-bond donors (Lipinski definition) is 2. The molecule has 0 aromatic heterocycles. The molecule has 1 heterocycles. The van der Waals surface area contributed by atoms with Gasteiger partial charge in [-0.1, -0.05) is 0 Å². The maximum atomic E-state index is 12.4. The molecule has 6 heteroatoms. The first-order chi connectivity index (χ1) is 9.65. The summed E-state index contributed by atoms with van der Waals surface area (Å²) in [5.41, 5.74) is 12.5. The van der Waals surface area contributed by atoms with Crippen LogP contribution in [-0.4, -0.2) is 62.1 Å². The van der Waals surface area contributed by atoms with Gasteiger partial charge in [0.25, 0.3) is 5.91 Å². The normalized spacial score (nSPS) is 16.2. The molecule has 20 heavy (non-hydrogen) atoms. The predicted octanol–water partition coefficient (Wildman–Crippen LogP) is -0.00610. The fourth-order valence-corrected chi connectivity index (χ4v) is 2.38. The number of nitrogens with zero attached hydrogens (tertiary/aromatic N) is 2. The topological polar surface area (TPSA) is 84.8 Å². The summed E-state index contributed by atoms with van der Waals surface area (Å²) in [6, 6.07) is 5.15. The van der Waals surface area contributed by atoms with Gasteiger partial charge in [0.15, 0.2) is 0 Å². The lowest BCUT2D eigenvalue weighted by Gasteiger charge is -2.34. The Morgan fingerprint density at radius 1 is 1.30 bits per heavy atom. The van der Waals surface area contributed by atoms with E-state index in [2.05, 4.69) is 4.90 Å². The van der Waals surface area contributed by atoms with E-state index in [1.807, 2.05) is 4.90 Å². The number of amides is 1. The average molecular weight is 278 g/mol. The molecule has 1 aliphatic heterocycles. The molecular formula is C14H22N4O2. The molecule has 0 aliphatic carbocycles. The van der Waals surface area contributed by atoms with Crippen molar-refractivity contribution >= 4 is 11.6 Å². The number of piperazine rings is 1. The number of benzene rings is 1. The summed E-state index contributed by atoms with van der Waals surface area (Å²) in [5.74, 6) is 0.563. The van der Waals surface area contributed by atoms with Crippen molar-refractivity contribution in [3.63, 3.8) is 0 Å². The molecule has 110 valence electrons. The van der Waals surface area contributed by atoms with Crippen molar-refractivity contribution in [2.45, 2.75) is 0 Å². The molecule has 1 saturated heterocycles. The van der Waals surface area contributed by atoms with E-state index >= 15 is 0 Å². The Hall–Kier alpha value is -1.79. The highest BCUT2D eigenvalue weighted by Gasteiger charge is 2.22. The third-order valence-corrected chi connectivity index (χ3v) is 3.59. The monoisotopic (exact) mass is 278 g/mol. The Balaban J connectivity index is 2.02. The van der Waals surface area contributed by atoms with E-state index in [9.17, 15) is 4.79 Å². The minimum Gasteiger partial charge on any atom is -0.495 e. The minimum absolute atomic E-state index is 0.0238. The van der Waals surface area contributed by atoms with Crippen molar-refractivity contribution in [1.29, 1.82) is 0 Å². The van der Waals surface area contributed by atoms with E-state index in [-0.39, 0.29) is 5.91 Å². The van der Waals surface area contributed by atoms with E-state index < -0.39 is 0 Å². The molecule has 1 aliphatic rings. The number of anilines is 1. The van der Waals surface area contributed by atoms with Gasteiger partial charge >= 0.3 is 0 Å². The number of nitrogens with two attached hydrogens (primary N) is 2. The predicted molar refractivity (Wildman–Crippen MR) is 78.8 cm³/mol. The molecule has 0 radical (unpaired) electrons. The number of nitrogen functional groups attached to an aromatic ring is 1. The molecule has 0 atom stereocenters. The quantitative estimate of drug-likeness (QED) is 0.757. The van der Waals surface area contributed by atoms with Gasteiger partial charge in [-0.05, 0) is 18.2 Å². The number of ether oxygens (including phenoxy) is 1. The summed E-state index contributed by atoms with van der Waals surface area (Å²) in [4.78, 5) is 16.6. The van der Waals surface area contributed by atoms with E-state index in [1.165, 1.54) is 0 Å². The Morgan fingerprint density at radius 2 is 2.00 bits per heavy atom. The first-order valence-electron chi connectivity index (χ1n) is 6.81. The lowest BCUT2D eigenvalue weighted by molar-refractivity contribution is 0.0640. The lowest BCUT2D eigenvalue weighted by Crippen LogP contribution is -2.49. The van der Waals surface area contributed by atoms with E-state index in [4.69, 9.17) is 16.2 Å². The van der Waals surface area contributed by atoms with Crippen LogP contribution in [0, 0.1) is 0 Å². The van der Waals surface area contributed by atoms with Gasteiger partial charge in [0.2, 0.25) is 0 Å². The minimum atomic E-state index is 0.0238. The van der Waals surface area contributed by atoms with Crippen molar-refractivity contribution in [3.8, 4) is 5.75 Å². The maximum Gasteiger partial charge on any atom is 0.254 e. The molecule has 2 rings (SSSR count). The molecule has 1 fully saturated rings. The van der Waals surface area contributed by atoms with Gasteiger partial charge in [-0.2, -0.15) is 0 Å². The molecular weight excluding hydrogens is 256 g/mol. The molecule has 6 nitrogen and oxygen atoms in total. The molecule has 1 aromatic carbocycles. The lowest BCUT2D eigenvalue weighted by atomic mass is 10.1. The second-order valence-corrected chi connectivity index (χ2v) is 4.88. The van der Waals surface area contributed by atoms with Gasteiger partial charge in [0.1, 0.15) is 5.75 Å². The van der Waals surface area contributed by atoms with Crippen molar-refractivity contribution < 1.29 is 9.53 Å². The molecule has 1 aromatic rings. The van der Waals surface area contributed by atoms with Gasteiger partial charge < -0.3 is 21.1 Å². The Bertz CT molecular complexity index is 470. The largest absolute Gasteiger partial charge is 0.495 e. The van der Waals surface area contributed by atoms with Gasteiger partial charge in [-0.25, -0.2) is 0 Å². The van der Waals surface area contributed by atoms with Crippen LogP contribution in [0.4, 0.5) is 5.69 Å². The first-order valence-corrected chi connectivity index (χ1v) is 6.81. The first kappa shape index (κ1) is 14.6. The summed E-state index contributed by atoms with van der Waals surface area (Å²) in [7, 11) is 1.55. The standard InChI is InChI=1S/C14H22N4O2/c1-20-13-10-11(2-3-12(13)16)14(19)18-8-6-17(5-4-15)7-9-18/h2-3,10H,4-9,15-16H2,1H3. The van der Waals surface area contributed by atoms with Crippen molar-refractivity contribution in [2.75, 3.05) is 52.1 Å². The highest BCUT2D eigenvalue weighted by molar-refractivity contribution is 5.95. The second kappa shape index (κ2) is 6.58. The highest BCUT2D eigenvalue weighted by Crippen LogP contribution is 2.23. The van der Waals surface area contributed by atoms with Gasteiger partial charge in [0.05, 0.1) is 12.8 Å². The third-order valence-electron chi connectivity index (χ3n) is 3.59.